The molecular formula is C17H15BrN4O2. The number of nitrogens with one attached hydrogen (secondary N) is 1. The molecule has 1 amide bonds. The molecule has 2 aromatic heterocycles. The molecule has 0 radical (unpaired) electrons. The van der Waals surface area contributed by atoms with Gasteiger partial charge in [0, 0.05) is 16.9 Å². The lowest BCUT2D eigenvalue weighted by Gasteiger charge is -2.06. The summed E-state index contributed by atoms with van der Waals surface area (Å²) >= 11 is 3.35. The van der Waals surface area contributed by atoms with Crippen LogP contribution < -0.4 is 10.1 Å². The molecule has 0 atom stereocenters. The first-order chi connectivity index (χ1) is 11.6. The number of pyridine rings is 1. The molecule has 0 saturated carbocycles. The van der Waals surface area contributed by atoms with E-state index in [1.807, 2.05) is 37.3 Å². The zero-order chi connectivity index (χ0) is 17.1. The van der Waals surface area contributed by atoms with Gasteiger partial charge in [0.05, 0.1) is 12.8 Å². The van der Waals surface area contributed by atoms with E-state index in [-0.39, 0.29) is 5.91 Å². The number of halogens is 1. The largest absolute Gasteiger partial charge is 0.497 e. The van der Waals surface area contributed by atoms with Crippen LogP contribution in [0, 0.1) is 6.92 Å². The van der Waals surface area contributed by atoms with Gasteiger partial charge < -0.3 is 10.1 Å². The number of nitrogens with zero attached hydrogens (tertiary/aromatic N) is 3. The van der Waals surface area contributed by atoms with Crippen LogP contribution in [0.25, 0.3) is 5.69 Å². The molecule has 0 aliphatic heterocycles. The first-order valence-electron chi connectivity index (χ1n) is 7.20. The Morgan fingerprint density at radius 2 is 2.00 bits per heavy atom. The Kier molecular flexibility index (Phi) is 4.61. The molecule has 1 aromatic carbocycles. The molecule has 7 heteroatoms. The van der Waals surface area contributed by atoms with Crippen molar-refractivity contribution in [2.75, 3.05) is 12.4 Å². The van der Waals surface area contributed by atoms with Gasteiger partial charge in [-0.1, -0.05) is 0 Å². The van der Waals surface area contributed by atoms with Crippen LogP contribution in [-0.2, 0) is 0 Å². The van der Waals surface area contributed by atoms with Gasteiger partial charge in [-0.2, -0.15) is 5.10 Å². The van der Waals surface area contributed by atoms with Gasteiger partial charge in [-0.3, -0.25) is 4.79 Å². The summed E-state index contributed by atoms with van der Waals surface area (Å²) in [7, 11) is 1.61. The zero-order valence-electron chi connectivity index (χ0n) is 13.2. The molecule has 0 bridgehead atoms. The van der Waals surface area contributed by atoms with Gasteiger partial charge in [0.15, 0.2) is 5.69 Å². The summed E-state index contributed by atoms with van der Waals surface area (Å²) in [5.74, 6) is 0.975. The van der Waals surface area contributed by atoms with Gasteiger partial charge in [0.25, 0.3) is 5.91 Å². The van der Waals surface area contributed by atoms with Gasteiger partial charge >= 0.3 is 0 Å². The van der Waals surface area contributed by atoms with Crippen LogP contribution in [0.1, 0.15) is 16.1 Å². The first kappa shape index (κ1) is 16.2. The number of anilines is 1. The van der Waals surface area contributed by atoms with Crippen molar-refractivity contribution in [2.45, 2.75) is 6.92 Å². The summed E-state index contributed by atoms with van der Waals surface area (Å²) in [6.07, 6.45) is 3.37. The van der Waals surface area contributed by atoms with Gasteiger partial charge in [0.1, 0.15) is 11.6 Å². The van der Waals surface area contributed by atoms with Crippen molar-refractivity contribution in [2.24, 2.45) is 0 Å². The molecule has 0 fully saturated rings. The summed E-state index contributed by atoms with van der Waals surface area (Å²) in [5.41, 5.74) is 2.02. The van der Waals surface area contributed by atoms with Crippen LogP contribution in [0.4, 0.5) is 5.82 Å². The monoisotopic (exact) mass is 386 g/mol. The Balaban J connectivity index is 1.77. The molecule has 0 saturated heterocycles. The van der Waals surface area contributed by atoms with Crippen LogP contribution in [-0.4, -0.2) is 27.8 Å². The number of aryl methyl sites for hydroxylation is 1. The van der Waals surface area contributed by atoms with Crippen molar-refractivity contribution in [3.05, 3.63) is 64.5 Å². The Morgan fingerprint density at radius 1 is 1.25 bits per heavy atom. The number of carbonyl (C=O) groups excluding carboxylic acids is 1. The molecule has 1 N–H and O–H groups in total. The minimum atomic E-state index is -0.305. The van der Waals surface area contributed by atoms with E-state index < -0.39 is 0 Å². The molecule has 0 aliphatic rings. The highest BCUT2D eigenvalue weighted by molar-refractivity contribution is 9.10. The topological polar surface area (TPSA) is 69.0 Å². The lowest BCUT2D eigenvalue weighted by atomic mass is 10.3. The third-order valence-electron chi connectivity index (χ3n) is 3.44. The van der Waals surface area contributed by atoms with E-state index in [4.69, 9.17) is 4.74 Å². The lowest BCUT2D eigenvalue weighted by Crippen LogP contribution is -2.15. The highest BCUT2D eigenvalue weighted by Crippen LogP contribution is 2.18. The highest BCUT2D eigenvalue weighted by Gasteiger charge is 2.12. The van der Waals surface area contributed by atoms with Gasteiger partial charge in [0.2, 0.25) is 0 Å². The van der Waals surface area contributed by atoms with Crippen molar-refractivity contribution in [3.63, 3.8) is 0 Å². The fraction of sp³-hybridized carbons (Fsp3) is 0.118. The Morgan fingerprint density at radius 3 is 2.67 bits per heavy atom. The minimum Gasteiger partial charge on any atom is -0.497 e. The second-order valence-corrected chi connectivity index (χ2v) is 6.03. The fourth-order valence-corrected chi connectivity index (χ4v) is 2.61. The van der Waals surface area contributed by atoms with Gasteiger partial charge in [-0.15, -0.1) is 0 Å². The number of methoxy groups -OCH3 is 1. The minimum absolute atomic E-state index is 0.305. The van der Waals surface area contributed by atoms with E-state index in [9.17, 15) is 4.79 Å². The van der Waals surface area contributed by atoms with Crippen LogP contribution in [0.3, 0.4) is 0 Å². The van der Waals surface area contributed by atoms with E-state index in [2.05, 4.69) is 31.3 Å². The van der Waals surface area contributed by atoms with Crippen LogP contribution in [0.2, 0.25) is 0 Å². The average molecular weight is 387 g/mol. The molecular weight excluding hydrogens is 372 g/mol. The first-order valence-corrected chi connectivity index (χ1v) is 8.00. The molecule has 6 nitrogen and oxygen atoms in total. The van der Waals surface area contributed by atoms with Crippen LogP contribution >= 0.6 is 15.9 Å². The second kappa shape index (κ2) is 6.84. The van der Waals surface area contributed by atoms with Crippen molar-refractivity contribution >= 4 is 27.7 Å². The van der Waals surface area contributed by atoms with E-state index in [0.29, 0.717) is 11.5 Å². The summed E-state index contributed by atoms with van der Waals surface area (Å²) in [6, 6.07) is 11.0. The highest BCUT2D eigenvalue weighted by atomic mass is 79.9. The summed E-state index contributed by atoms with van der Waals surface area (Å²) in [6.45, 7) is 1.88. The van der Waals surface area contributed by atoms with Gasteiger partial charge in [-0.05, 0) is 64.8 Å². The molecule has 0 aliphatic carbocycles. The molecule has 3 rings (SSSR count). The summed E-state index contributed by atoms with van der Waals surface area (Å²) < 4.78 is 7.63. The van der Waals surface area contributed by atoms with E-state index in [1.165, 1.54) is 0 Å². The Bertz CT molecular complexity index is 875. The maximum Gasteiger partial charge on any atom is 0.277 e. The molecule has 0 unspecified atom stereocenters. The lowest BCUT2D eigenvalue weighted by molar-refractivity contribution is 0.102. The summed E-state index contributed by atoms with van der Waals surface area (Å²) in [4.78, 5) is 16.5. The number of hydrogen-bond donors (Lipinski definition) is 1. The third kappa shape index (κ3) is 3.46. The van der Waals surface area contributed by atoms with Crippen LogP contribution in [0.5, 0.6) is 5.75 Å². The maximum atomic E-state index is 12.3. The molecule has 3 aromatic rings. The SMILES string of the molecule is COc1ccc(-n2ccc(C(=O)Nc3ncc(Br)cc3C)n2)cc1. The average Bonchev–Trinajstić information content (AvgIpc) is 3.07. The summed E-state index contributed by atoms with van der Waals surface area (Å²) in [5, 5.41) is 7.08. The van der Waals surface area contributed by atoms with Crippen molar-refractivity contribution < 1.29 is 9.53 Å². The quantitative estimate of drug-likeness (QED) is 0.743. The van der Waals surface area contributed by atoms with E-state index in [1.54, 1.807) is 30.3 Å². The number of aromatic nitrogens is 3. The number of ether oxygens (including phenoxy) is 1. The van der Waals surface area contributed by atoms with Crippen molar-refractivity contribution in [3.8, 4) is 11.4 Å². The molecule has 24 heavy (non-hydrogen) atoms. The number of carbonyl (C=O) groups is 1. The molecule has 0 spiro atoms. The maximum absolute atomic E-state index is 12.3. The number of benzene rings is 1. The standard InChI is InChI=1S/C17H15BrN4O2/c1-11-9-12(18)10-19-16(11)20-17(23)15-7-8-22(21-15)13-3-5-14(24-2)6-4-13/h3-10H,1-2H3,(H,19,20,23). The Hall–Kier alpha value is -2.67. The normalized spacial score (nSPS) is 10.5. The van der Waals surface area contributed by atoms with E-state index in [0.717, 1.165) is 21.5 Å². The van der Waals surface area contributed by atoms with E-state index >= 15 is 0 Å². The zero-order valence-corrected chi connectivity index (χ0v) is 14.7. The second-order valence-electron chi connectivity index (χ2n) is 5.12. The third-order valence-corrected chi connectivity index (χ3v) is 3.87. The van der Waals surface area contributed by atoms with Crippen molar-refractivity contribution in [1.29, 1.82) is 0 Å². The Labute approximate surface area is 147 Å². The fourth-order valence-electron chi connectivity index (χ4n) is 2.17. The van der Waals surface area contributed by atoms with Gasteiger partial charge in [-0.25, -0.2) is 9.67 Å². The number of hydrogen-bond acceptors (Lipinski definition) is 4. The number of rotatable bonds is 4. The predicted molar refractivity (Wildman–Crippen MR) is 94.7 cm³/mol. The van der Waals surface area contributed by atoms with Crippen LogP contribution in [0.15, 0.2) is 53.3 Å². The van der Waals surface area contributed by atoms with Crippen molar-refractivity contribution in [1.82, 2.24) is 14.8 Å². The molecule has 2 heterocycles. The predicted octanol–water partition coefficient (Wildman–Crippen LogP) is 3.60. The number of amides is 1. The smallest absolute Gasteiger partial charge is 0.277 e. The molecule has 122 valence electrons.